The highest BCUT2D eigenvalue weighted by Crippen LogP contribution is 2.29. The maximum absolute atomic E-state index is 13.3. The smallest absolute Gasteiger partial charge is 0.323 e. The maximum Gasteiger partial charge on any atom is 0.323 e. The van der Waals surface area contributed by atoms with Crippen LogP contribution in [0.4, 0.5) is 21.9 Å². The summed E-state index contributed by atoms with van der Waals surface area (Å²) in [6.07, 6.45) is 2.21. The van der Waals surface area contributed by atoms with Crippen LogP contribution in [0.2, 0.25) is 0 Å². The van der Waals surface area contributed by atoms with Crippen molar-refractivity contribution in [1.29, 1.82) is 0 Å². The van der Waals surface area contributed by atoms with Crippen LogP contribution >= 0.6 is 0 Å². The number of ether oxygens (including phenoxy) is 1. The zero-order valence-electron chi connectivity index (χ0n) is 22.4. The highest BCUT2D eigenvalue weighted by Gasteiger charge is 2.22. The molecule has 2 aromatic carbocycles. The number of carbonyl (C=O) groups excluding carboxylic acids is 2. The van der Waals surface area contributed by atoms with Gasteiger partial charge in [0.1, 0.15) is 0 Å². The Morgan fingerprint density at radius 3 is 2.27 bits per heavy atom. The van der Waals surface area contributed by atoms with Crippen molar-refractivity contribution in [2.75, 3.05) is 68.0 Å². The Morgan fingerprint density at radius 1 is 0.946 bits per heavy atom. The Hall–Kier alpha value is -3.10. The first-order valence-electron chi connectivity index (χ1n) is 13.5. The van der Waals surface area contributed by atoms with Crippen LogP contribution < -0.4 is 20.9 Å². The molecule has 2 heterocycles. The van der Waals surface area contributed by atoms with Crippen molar-refractivity contribution in [3.63, 3.8) is 0 Å². The van der Waals surface area contributed by atoms with Crippen LogP contribution in [0.15, 0.2) is 42.5 Å². The highest BCUT2D eigenvalue weighted by molar-refractivity contribution is 6.04. The number of hydrogen-bond acceptors (Lipinski definition) is 5. The molecule has 0 unspecified atom stereocenters. The lowest BCUT2D eigenvalue weighted by Gasteiger charge is -2.33. The monoisotopic (exact) mass is 507 g/mol. The quantitative estimate of drug-likeness (QED) is 0.480. The number of piperidine rings is 1. The number of carbonyl (C=O) groups is 2. The second-order valence-electron chi connectivity index (χ2n) is 10.5. The summed E-state index contributed by atoms with van der Waals surface area (Å²) < 4.78 is 5.41. The predicted octanol–water partition coefficient (Wildman–Crippen LogP) is 4.75. The molecule has 2 aliphatic rings. The molecule has 4 rings (SSSR count). The SMILES string of the molecule is CC1CCN(c2ccc(NC(=O)Nc3ccc(C(C)C)cc3)cc2C(=O)NCCN2CCOCC2)CC1. The lowest BCUT2D eigenvalue weighted by Crippen LogP contribution is -2.41. The molecule has 8 heteroatoms. The first-order valence-corrected chi connectivity index (χ1v) is 13.5. The number of rotatable bonds is 8. The fourth-order valence-electron chi connectivity index (χ4n) is 4.81. The minimum atomic E-state index is -0.337. The van der Waals surface area contributed by atoms with Gasteiger partial charge in [0, 0.05) is 56.3 Å². The van der Waals surface area contributed by atoms with Crippen LogP contribution in [0.5, 0.6) is 0 Å². The van der Waals surface area contributed by atoms with Crippen molar-refractivity contribution < 1.29 is 14.3 Å². The van der Waals surface area contributed by atoms with E-state index in [1.54, 1.807) is 6.07 Å². The second kappa shape index (κ2) is 12.9. The molecular formula is C29H41N5O3. The second-order valence-corrected chi connectivity index (χ2v) is 10.5. The van der Waals surface area contributed by atoms with Gasteiger partial charge in [0.25, 0.3) is 5.91 Å². The van der Waals surface area contributed by atoms with E-state index in [4.69, 9.17) is 4.74 Å². The lowest BCUT2D eigenvalue weighted by molar-refractivity contribution is 0.0383. The van der Waals surface area contributed by atoms with Gasteiger partial charge in [-0.15, -0.1) is 0 Å². The Kier molecular flexibility index (Phi) is 9.41. The summed E-state index contributed by atoms with van der Waals surface area (Å²) in [5.74, 6) is 1.01. The molecule has 0 spiro atoms. The topological polar surface area (TPSA) is 85.9 Å². The van der Waals surface area contributed by atoms with Crippen molar-refractivity contribution in [2.24, 2.45) is 5.92 Å². The van der Waals surface area contributed by atoms with Crippen molar-refractivity contribution >= 4 is 29.0 Å². The summed E-state index contributed by atoms with van der Waals surface area (Å²) in [6, 6.07) is 13.1. The van der Waals surface area contributed by atoms with E-state index in [0.29, 0.717) is 29.6 Å². The van der Waals surface area contributed by atoms with E-state index in [2.05, 4.69) is 46.5 Å². The number of urea groups is 1. The average molecular weight is 508 g/mol. The average Bonchev–Trinajstić information content (AvgIpc) is 2.90. The normalized spacial score (nSPS) is 17.0. The molecule has 0 atom stereocenters. The van der Waals surface area contributed by atoms with Gasteiger partial charge in [0.05, 0.1) is 18.8 Å². The van der Waals surface area contributed by atoms with Gasteiger partial charge in [-0.05, 0) is 60.6 Å². The van der Waals surface area contributed by atoms with E-state index in [1.165, 1.54) is 5.56 Å². The Bertz CT molecular complexity index is 1040. The number of benzene rings is 2. The standard InChI is InChI=1S/C29H41N5O3/c1-21(2)23-4-6-24(7-5-23)31-29(36)32-25-8-9-27(34-13-10-22(3)11-14-34)26(20-25)28(35)30-12-15-33-16-18-37-19-17-33/h4-9,20-22H,10-19H2,1-3H3,(H,30,35)(H2,31,32,36). The lowest BCUT2D eigenvalue weighted by atomic mass is 9.98. The Morgan fingerprint density at radius 2 is 1.59 bits per heavy atom. The summed E-state index contributed by atoms with van der Waals surface area (Å²) in [6.45, 7) is 13.0. The number of hydrogen-bond donors (Lipinski definition) is 3. The van der Waals surface area contributed by atoms with Crippen molar-refractivity contribution in [3.8, 4) is 0 Å². The Balaban J connectivity index is 1.43. The zero-order valence-corrected chi connectivity index (χ0v) is 22.4. The summed E-state index contributed by atoms with van der Waals surface area (Å²) in [7, 11) is 0. The zero-order chi connectivity index (χ0) is 26.2. The van der Waals surface area contributed by atoms with E-state index in [1.807, 2.05) is 36.4 Å². The number of morpholine rings is 1. The molecule has 200 valence electrons. The van der Waals surface area contributed by atoms with Gasteiger partial charge in [-0.25, -0.2) is 4.79 Å². The third-order valence-electron chi connectivity index (χ3n) is 7.28. The summed E-state index contributed by atoms with van der Waals surface area (Å²) in [5.41, 5.74) is 4.05. The Labute approximate surface area is 220 Å². The molecule has 3 N–H and O–H groups in total. The summed E-state index contributed by atoms with van der Waals surface area (Å²) >= 11 is 0. The van der Waals surface area contributed by atoms with E-state index < -0.39 is 0 Å². The van der Waals surface area contributed by atoms with Crippen molar-refractivity contribution in [3.05, 3.63) is 53.6 Å². The van der Waals surface area contributed by atoms with E-state index in [9.17, 15) is 9.59 Å². The van der Waals surface area contributed by atoms with E-state index in [-0.39, 0.29) is 11.9 Å². The van der Waals surface area contributed by atoms with Gasteiger partial charge >= 0.3 is 6.03 Å². The van der Waals surface area contributed by atoms with Gasteiger partial charge < -0.3 is 25.6 Å². The van der Waals surface area contributed by atoms with Crippen LogP contribution in [-0.4, -0.2) is 69.3 Å². The summed E-state index contributed by atoms with van der Waals surface area (Å²) in [4.78, 5) is 30.6. The molecule has 0 aliphatic carbocycles. The van der Waals surface area contributed by atoms with Crippen LogP contribution in [-0.2, 0) is 4.74 Å². The number of nitrogens with one attached hydrogen (secondary N) is 3. The van der Waals surface area contributed by atoms with Gasteiger partial charge in [-0.3, -0.25) is 9.69 Å². The highest BCUT2D eigenvalue weighted by atomic mass is 16.5. The third-order valence-corrected chi connectivity index (χ3v) is 7.28. The van der Waals surface area contributed by atoms with E-state index >= 15 is 0 Å². The van der Waals surface area contributed by atoms with Crippen molar-refractivity contribution in [1.82, 2.24) is 10.2 Å². The van der Waals surface area contributed by atoms with Crippen LogP contribution in [0.1, 0.15) is 55.5 Å². The molecule has 37 heavy (non-hydrogen) atoms. The third kappa shape index (κ3) is 7.69. The number of anilines is 3. The molecule has 2 saturated heterocycles. The van der Waals surface area contributed by atoms with Gasteiger partial charge in [-0.1, -0.05) is 32.9 Å². The van der Waals surface area contributed by atoms with Crippen LogP contribution in [0, 0.1) is 5.92 Å². The van der Waals surface area contributed by atoms with Gasteiger partial charge in [0.2, 0.25) is 0 Å². The number of nitrogens with zero attached hydrogens (tertiary/aromatic N) is 2. The van der Waals surface area contributed by atoms with Gasteiger partial charge in [-0.2, -0.15) is 0 Å². The molecule has 3 amide bonds. The number of amides is 3. The largest absolute Gasteiger partial charge is 0.379 e. The summed E-state index contributed by atoms with van der Waals surface area (Å²) in [5, 5.41) is 8.87. The molecule has 0 saturated carbocycles. The molecular weight excluding hydrogens is 466 g/mol. The molecule has 0 aromatic heterocycles. The van der Waals surface area contributed by atoms with Crippen molar-refractivity contribution in [2.45, 2.75) is 39.5 Å². The van der Waals surface area contributed by atoms with Crippen LogP contribution in [0.3, 0.4) is 0 Å². The maximum atomic E-state index is 13.3. The van der Waals surface area contributed by atoms with E-state index in [0.717, 1.165) is 70.2 Å². The molecule has 0 radical (unpaired) electrons. The van der Waals surface area contributed by atoms with Crippen LogP contribution in [0.25, 0.3) is 0 Å². The fraction of sp³-hybridized carbons (Fsp3) is 0.517. The predicted molar refractivity (Wildman–Crippen MR) is 150 cm³/mol. The minimum absolute atomic E-state index is 0.116. The first-order chi connectivity index (χ1) is 17.9. The van der Waals surface area contributed by atoms with Gasteiger partial charge in [0.15, 0.2) is 0 Å². The minimum Gasteiger partial charge on any atom is -0.379 e. The first kappa shape index (κ1) is 26.9. The molecule has 2 fully saturated rings. The fourth-order valence-corrected chi connectivity index (χ4v) is 4.81. The molecule has 0 bridgehead atoms. The molecule has 2 aliphatic heterocycles. The molecule has 8 nitrogen and oxygen atoms in total. The molecule has 2 aromatic rings.